The van der Waals surface area contributed by atoms with Crippen molar-refractivity contribution in [2.24, 2.45) is 5.73 Å². The van der Waals surface area contributed by atoms with Crippen molar-refractivity contribution in [1.82, 2.24) is 10.6 Å². The highest BCUT2D eigenvalue weighted by atomic mass is 16.5. The molecule has 0 aliphatic carbocycles. The summed E-state index contributed by atoms with van der Waals surface area (Å²) in [4.78, 5) is 58.2. The smallest absolute Gasteiger partial charge is 0.328 e. The van der Waals surface area contributed by atoms with Crippen molar-refractivity contribution in [2.45, 2.75) is 37.4 Å². The molecule has 1 aromatic rings. The first-order valence-electron chi connectivity index (χ1n) is 8.55. The number of rotatable bonds is 11. The maximum Gasteiger partial charge on any atom is 0.328 e. The van der Waals surface area contributed by atoms with Crippen molar-refractivity contribution in [3.05, 3.63) is 35.9 Å². The molecule has 0 bridgehead atoms. The summed E-state index contributed by atoms with van der Waals surface area (Å²) in [5, 5.41) is 22.2. The predicted molar refractivity (Wildman–Crippen MR) is 98.5 cm³/mol. The van der Waals surface area contributed by atoms with E-state index in [1.54, 1.807) is 30.3 Å². The maximum absolute atomic E-state index is 12.5. The molecule has 0 spiro atoms. The van der Waals surface area contributed by atoms with Crippen LogP contribution in [0.25, 0.3) is 0 Å². The van der Waals surface area contributed by atoms with E-state index >= 15 is 0 Å². The standard InChI is InChI=1S/C18H23N3O8/c1-29-18(28)13(7-10-5-3-2-4-6-10)21-17(27)12(9-15(24)25)20-16(26)11(19)8-14(22)23/h2-6,11-13H,7-9,19H2,1H3,(H,20,26)(H,21,27)(H,22,23)(H,24,25). The van der Waals surface area contributed by atoms with Crippen LogP contribution in [0, 0.1) is 0 Å². The quantitative estimate of drug-likeness (QED) is 0.275. The van der Waals surface area contributed by atoms with Crippen LogP contribution in [0.15, 0.2) is 30.3 Å². The minimum Gasteiger partial charge on any atom is -0.481 e. The molecule has 11 heteroatoms. The van der Waals surface area contributed by atoms with Gasteiger partial charge in [-0.15, -0.1) is 0 Å². The van der Waals surface area contributed by atoms with Gasteiger partial charge in [0.2, 0.25) is 11.8 Å². The fourth-order valence-corrected chi connectivity index (χ4v) is 2.40. The SMILES string of the molecule is COC(=O)C(Cc1ccccc1)NC(=O)C(CC(=O)O)NC(=O)C(N)CC(=O)O. The zero-order valence-corrected chi connectivity index (χ0v) is 15.7. The number of ether oxygens (including phenoxy) is 1. The van der Waals surface area contributed by atoms with Gasteiger partial charge in [0.1, 0.15) is 12.1 Å². The van der Waals surface area contributed by atoms with Gasteiger partial charge in [-0.1, -0.05) is 30.3 Å². The van der Waals surface area contributed by atoms with Crippen LogP contribution in [0.4, 0.5) is 0 Å². The number of methoxy groups -OCH3 is 1. The van der Waals surface area contributed by atoms with Gasteiger partial charge < -0.3 is 31.3 Å². The molecule has 0 radical (unpaired) electrons. The van der Waals surface area contributed by atoms with E-state index in [1.165, 1.54) is 0 Å². The number of carboxylic acids is 2. The number of hydrogen-bond donors (Lipinski definition) is 5. The zero-order valence-electron chi connectivity index (χ0n) is 15.7. The molecular weight excluding hydrogens is 386 g/mol. The van der Waals surface area contributed by atoms with Crippen LogP contribution in [0.1, 0.15) is 18.4 Å². The van der Waals surface area contributed by atoms with Crippen molar-refractivity contribution in [2.75, 3.05) is 7.11 Å². The van der Waals surface area contributed by atoms with E-state index in [2.05, 4.69) is 15.4 Å². The van der Waals surface area contributed by atoms with E-state index in [-0.39, 0.29) is 6.42 Å². The van der Waals surface area contributed by atoms with E-state index in [9.17, 15) is 24.0 Å². The van der Waals surface area contributed by atoms with Gasteiger partial charge in [-0.05, 0) is 5.56 Å². The minimum atomic E-state index is -1.57. The molecule has 3 unspecified atom stereocenters. The van der Waals surface area contributed by atoms with Gasteiger partial charge in [0.25, 0.3) is 0 Å². The molecule has 0 aromatic heterocycles. The molecule has 1 rings (SSSR count). The van der Waals surface area contributed by atoms with Gasteiger partial charge in [0.15, 0.2) is 0 Å². The van der Waals surface area contributed by atoms with Crippen molar-refractivity contribution in [3.63, 3.8) is 0 Å². The van der Waals surface area contributed by atoms with Crippen LogP contribution in [0.5, 0.6) is 0 Å². The lowest BCUT2D eigenvalue weighted by molar-refractivity contribution is -0.146. The number of carbonyl (C=O) groups excluding carboxylic acids is 3. The monoisotopic (exact) mass is 409 g/mol. The van der Waals surface area contributed by atoms with E-state index in [0.717, 1.165) is 7.11 Å². The molecule has 0 fully saturated rings. The summed E-state index contributed by atoms with van der Waals surface area (Å²) in [5.41, 5.74) is 6.14. The summed E-state index contributed by atoms with van der Waals surface area (Å²) in [5.74, 6) is -5.44. The summed E-state index contributed by atoms with van der Waals surface area (Å²) in [6.07, 6.45) is -1.42. The van der Waals surface area contributed by atoms with Crippen LogP contribution in [-0.4, -0.2) is 65.2 Å². The molecule has 0 aliphatic heterocycles. The number of carbonyl (C=O) groups is 5. The Balaban J connectivity index is 2.91. The molecule has 0 heterocycles. The first-order chi connectivity index (χ1) is 13.6. The highest BCUT2D eigenvalue weighted by Crippen LogP contribution is 2.06. The average Bonchev–Trinajstić information content (AvgIpc) is 2.66. The van der Waals surface area contributed by atoms with Crippen LogP contribution in [-0.2, 0) is 35.1 Å². The van der Waals surface area contributed by atoms with Gasteiger partial charge in [-0.3, -0.25) is 19.2 Å². The van der Waals surface area contributed by atoms with Crippen LogP contribution >= 0.6 is 0 Å². The Bertz CT molecular complexity index is 753. The number of nitrogens with one attached hydrogen (secondary N) is 2. The summed E-state index contributed by atoms with van der Waals surface area (Å²) < 4.78 is 4.67. The first kappa shape index (κ1) is 23.6. The van der Waals surface area contributed by atoms with Gasteiger partial charge in [0, 0.05) is 6.42 Å². The molecule has 6 N–H and O–H groups in total. The minimum absolute atomic E-state index is 0.0749. The number of amides is 2. The number of esters is 1. The molecule has 0 aliphatic rings. The van der Waals surface area contributed by atoms with Crippen molar-refractivity contribution < 1.29 is 38.9 Å². The molecule has 3 atom stereocenters. The van der Waals surface area contributed by atoms with E-state index in [0.29, 0.717) is 5.56 Å². The Labute approximate surface area is 166 Å². The third-order valence-electron chi connectivity index (χ3n) is 3.83. The van der Waals surface area contributed by atoms with E-state index < -0.39 is 60.7 Å². The lowest BCUT2D eigenvalue weighted by atomic mass is 10.0. The molecule has 0 saturated heterocycles. The molecule has 1 aromatic carbocycles. The lowest BCUT2D eigenvalue weighted by Crippen LogP contribution is -2.55. The largest absolute Gasteiger partial charge is 0.481 e. The Kier molecular flexibility index (Phi) is 9.26. The number of nitrogens with two attached hydrogens (primary N) is 1. The highest BCUT2D eigenvalue weighted by Gasteiger charge is 2.30. The second-order valence-electron chi connectivity index (χ2n) is 6.14. The van der Waals surface area contributed by atoms with Crippen LogP contribution < -0.4 is 16.4 Å². The molecular formula is C18H23N3O8. The van der Waals surface area contributed by atoms with Crippen molar-refractivity contribution >= 4 is 29.7 Å². The Morgan fingerprint density at radius 3 is 2.00 bits per heavy atom. The predicted octanol–water partition coefficient (Wildman–Crippen LogP) is -1.35. The summed E-state index contributed by atoms with van der Waals surface area (Å²) in [6.45, 7) is 0. The summed E-state index contributed by atoms with van der Waals surface area (Å²) >= 11 is 0. The lowest BCUT2D eigenvalue weighted by Gasteiger charge is -2.22. The Morgan fingerprint density at radius 1 is 0.931 bits per heavy atom. The van der Waals surface area contributed by atoms with Gasteiger partial charge in [-0.25, -0.2) is 4.79 Å². The summed E-state index contributed by atoms with van der Waals surface area (Å²) in [6, 6.07) is 4.53. The number of aliphatic carboxylic acids is 2. The Morgan fingerprint density at radius 2 is 1.48 bits per heavy atom. The molecule has 29 heavy (non-hydrogen) atoms. The fourth-order valence-electron chi connectivity index (χ4n) is 2.40. The zero-order chi connectivity index (χ0) is 22.0. The summed E-state index contributed by atoms with van der Waals surface area (Å²) in [7, 11) is 1.13. The molecule has 2 amide bonds. The number of carboxylic acid groups (broad SMARTS) is 2. The third-order valence-corrected chi connectivity index (χ3v) is 3.83. The second kappa shape index (κ2) is 11.4. The van der Waals surface area contributed by atoms with Crippen LogP contribution in [0.2, 0.25) is 0 Å². The Hall–Kier alpha value is -3.47. The average molecular weight is 409 g/mol. The first-order valence-corrected chi connectivity index (χ1v) is 8.55. The second-order valence-corrected chi connectivity index (χ2v) is 6.14. The van der Waals surface area contributed by atoms with E-state index in [1.807, 2.05) is 0 Å². The number of benzene rings is 1. The molecule has 0 saturated carbocycles. The topological polar surface area (TPSA) is 185 Å². The molecule has 11 nitrogen and oxygen atoms in total. The maximum atomic E-state index is 12.5. The van der Waals surface area contributed by atoms with Crippen LogP contribution in [0.3, 0.4) is 0 Å². The fraction of sp³-hybridized carbons (Fsp3) is 0.389. The third kappa shape index (κ3) is 8.39. The van der Waals surface area contributed by atoms with Gasteiger partial charge in [-0.2, -0.15) is 0 Å². The van der Waals surface area contributed by atoms with Gasteiger partial charge >= 0.3 is 17.9 Å². The van der Waals surface area contributed by atoms with Crippen molar-refractivity contribution in [3.8, 4) is 0 Å². The highest BCUT2D eigenvalue weighted by molar-refractivity contribution is 5.95. The van der Waals surface area contributed by atoms with Gasteiger partial charge in [0.05, 0.1) is 26.0 Å². The molecule has 158 valence electrons. The van der Waals surface area contributed by atoms with E-state index in [4.69, 9.17) is 15.9 Å². The number of hydrogen-bond acceptors (Lipinski definition) is 7. The normalized spacial score (nSPS) is 13.4. The van der Waals surface area contributed by atoms with Crippen molar-refractivity contribution in [1.29, 1.82) is 0 Å².